The average molecular weight is 429 g/mol. The van der Waals surface area contributed by atoms with Crippen molar-refractivity contribution in [3.63, 3.8) is 0 Å². The highest BCUT2D eigenvalue weighted by molar-refractivity contribution is 7.99. The lowest BCUT2D eigenvalue weighted by atomic mass is 10.2. The molecule has 0 saturated heterocycles. The summed E-state index contributed by atoms with van der Waals surface area (Å²) < 4.78 is 5.40. The zero-order chi connectivity index (χ0) is 20.5. The number of hydrogen-bond acceptors (Lipinski definition) is 4. The maximum absolute atomic E-state index is 13.4. The summed E-state index contributed by atoms with van der Waals surface area (Å²) in [5.41, 5.74) is 2.57. The number of furan rings is 1. The van der Waals surface area contributed by atoms with Crippen molar-refractivity contribution in [1.29, 1.82) is 0 Å². The van der Waals surface area contributed by atoms with Crippen LogP contribution >= 0.6 is 24.0 Å². The van der Waals surface area contributed by atoms with E-state index in [9.17, 15) is 4.79 Å². The number of hydrogen-bond donors (Lipinski definition) is 0. The molecule has 1 aliphatic heterocycles. The van der Waals surface area contributed by atoms with Crippen molar-refractivity contribution in [3.8, 4) is 0 Å². The smallest absolute Gasteiger partial charge is 0.300 e. The van der Waals surface area contributed by atoms with Crippen LogP contribution in [0.1, 0.15) is 10.6 Å². The van der Waals surface area contributed by atoms with Gasteiger partial charge in [-0.2, -0.15) is 0 Å². The number of carbonyl (C=O) groups is 1. The van der Waals surface area contributed by atoms with Crippen molar-refractivity contribution in [1.82, 2.24) is 0 Å². The molecular formula is C24H16N2O2S2. The molecule has 0 radical (unpaired) electrons. The van der Waals surface area contributed by atoms with Crippen molar-refractivity contribution in [2.75, 3.05) is 9.80 Å². The lowest BCUT2D eigenvalue weighted by Gasteiger charge is -2.36. The molecular weight excluding hydrogens is 412 g/mol. The van der Waals surface area contributed by atoms with Crippen molar-refractivity contribution >= 4 is 52.1 Å². The SMILES string of the molecule is O=C(c1ccco1)N(C(=S)N1c2ccccc2Sc2ccccc21)c1ccccc1. The van der Waals surface area contributed by atoms with Gasteiger partial charge in [0.05, 0.1) is 23.3 Å². The van der Waals surface area contributed by atoms with Crippen molar-refractivity contribution < 1.29 is 9.21 Å². The number of anilines is 3. The van der Waals surface area contributed by atoms with E-state index in [-0.39, 0.29) is 11.7 Å². The normalized spacial score (nSPS) is 12.1. The maximum Gasteiger partial charge on any atom is 0.300 e. The van der Waals surface area contributed by atoms with E-state index < -0.39 is 0 Å². The lowest BCUT2D eigenvalue weighted by molar-refractivity contribution is 0.0976. The first-order chi connectivity index (χ1) is 14.7. The van der Waals surface area contributed by atoms with Crippen LogP contribution in [0, 0.1) is 0 Å². The van der Waals surface area contributed by atoms with Crippen molar-refractivity contribution in [2.45, 2.75) is 9.79 Å². The van der Waals surface area contributed by atoms with Crippen LogP contribution in [0.2, 0.25) is 0 Å². The zero-order valence-electron chi connectivity index (χ0n) is 15.8. The molecule has 0 saturated carbocycles. The van der Waals surface area contributed by atoms with E-state index in [2.05, 4.69) is 12.1 Å². The minimum Gasteiger partial charge on any atom is -0.459 e. The van der Waals surface area contributed by atoms with Gasteiger partial charge in [0.1, 0.15) is 0 Å². The van der Waals surface area contributed by atoms with Gasteiger partial charge in [-0.05, 0) is 60.7 Å². The Bertz CT molecular complexity index is 1180. The van der Waals surface area contributed by atoms with Gasteiger partial charge in [0, 0.05) is 9.79 Å². The Balaban J connectivity index is 1.67. The molecule has 3 aromatic carbocycles. The van der Waals surface area contributed by atoms with E-state index in [1.807, 2.05) is 71.6 Å². The molecule has 0 aliphatic carbocycles. The van der Waals surface area contributed by atoms with E-state index in [1.54, 1.807) is 23.9 Å². The van der Waals surface area contributed by atoms with E-state index in [0.717, 1.165) is 21.2 Å². The van der Waals surface area contributed by atoms with Crippen molar-refractivity contribution in [2.24, 2.45) is 0 Å². The second-order valence-electron chi connectivity index (χ2n) is 6.61. The third-order valence-corrected chi connectivity index (χ3v) is 6.26. The molecule has 2 heterocycles. The maximum atomic E-state index is 13.4. The summed E-state index contributed by atoms with van der Waals surface area (Å²) in [6, 6.07) is 28.9. The summed E-state index contributed by atoms with van der Waals surface area (Å²) >= 11 is 7.65. The molecule has 0 spiro atoms. The summed E-state index contributed by atoms with van der Waals surface area (Å²) in [6.45, 7) is 0. The first-order valence-electron chi connectivity index (χ1n) is 9.37. The molecule has 0 N–H and O–H groups in total. The van der Waals surface area contributed by atoms with Gasteiger partial charge in [0.2, 0.25) is 0 Å². The van der Waals surface area contributed by atoms with Crippen LogP contribution in [0.25, 0.3) is 0 Å². The predicted molar refractivity (Wildman–Crippen MR) is 124 cm³/mol. The van der Waals surface area contributed by atoms with Gasteiger partial charge in [0.25, 0.3) is 5.91 Å². The third-order valence-electron chi connectivity index (χ3n) is 4.76. The predicted octanol–water partition coefficient (Wildman–Crippen LogP) is 6.51. The van der Waals surface area contributed by atoms with Crippen LogP contribution in [0.3, 0.4) is 0 Å². The highest BCUT2D eigenvalue weighted by Crippen LogP contribution is 2.48. The number of rotatable bonds is 2. The molecule has 0 unspecified atom stereocenters. The fourth-order valence-electron chi connectivity index (χ4n) is 3.41. The van der Waals surface area contributed by atoms with Gasteiger partial charge in [-0.1, -0.05) is 54.2 Å². The Kier molecular flexibility index (Phi) is 4.86. The van der Waals surface area contributed by atoms with Crippen molar-refractivity contribution in [3.05, 3.63) is 103 Å². The van der Waals surface area contributed by atoms with Gasteiger partial charge in [-0.3, -0.25) is 9.69 Å². The summed E-state index contributed by atoms with van der Waals surface area (Å²) in [4.78, 5) is 19.1. The molecule has 1 aromatic heterocycles. The number of para-hydroxylation sites is 3. The molecule has 1 amide bonds. The van der Waals surface area contributed by atoms with E-state index in [1.165, 1.54) is 11.2 Å². The highest BCUT2D eigenvalue weighted by Gasteiger charge is 2.33. The Morgan fingerprint density at radius 1 is 0.800 bits per heavy atom. The monoisotopic (exact) mass is 428 g/mol. The molecule has 5 rings (SSSR count). The van der Waals surface area contributed by atoms with Gasteiger partial charge >= 0.3 is 0 Å². The van der Waals surface area contributed by atoms with Gasteiger partial charge in [-0.15, -0.1) is 0 Å². The molecule has 4 aromatic rings. The largest absolute Gasteiger partial charge is 0.459 e. The van der Waals surface area contributed by atoms with Gasteiger partial charge in [0.15, 0.2) is 10.9 Å². The summed E-state index contributed by atoms with van der Waals surface area (Å²) in [6.07, 6.45) is 1.49. The van der Waals surface area contributed by atoms with Crippen LogP contribution in [0.4, 0.5) is 17.1 Å². The fourth-order valence-corrected chi connectivity index (χ4v) is 4.86. The molecule has 0 fully saturated rings. The van der Waals surface area contributed by atoms with Crippen LogP contribution in [-0.2, 0) is 0 Å². The van der Waals surface area contributed by atoms with Crippen LogP contribution in [0.15, 0.2) is 111 Å². The Labute approximate surface area is 183 Å². The molecule has 4 nitrogen and oxygen atoms in total. The second-order valence-corrected chi connectivity index (χ2v) is 8.06. The molecule has 30 heavy (non-hydrogen) atoms. The first-order valence-corrected chi connectivity index (χ1v) is 10.6. The molecule has 146 valence electrons. The number of thiocarbonyl (C=S) groups is 1. The Morgan fingerprint density at radius 3 is 2.00 bits per heavy atom. The lowest BCUT2D eigenvalue weighted by Crippen LogP contribution is -2.45. The number of benzene rings is 3. The standard InChI is InChI=1S/C24H16N2O2S2/c27-23(20-13-8-16-28-20)25(17-9-2-1-3-10-17)24(29)26-18-11-4-6-14-21(18)30-22-15-7-5-12-19(22)26/h1-16H. The van der Waals surface area contributed by atoms with Crippen LogP contribution < -0.4 is 9.80 Å². The fraction of sp³-hybridized carbons (Fsp3) is 0. The summed E-state index contributed by atoms with van der Waals surface area (Å²) in [5, 5.41) is 0.364. The molecule has 1 aliphatic rings. The Morgan fingerprint density at radius 2 is 1.40 bits per heavy atom. The quantitative estimate of drug-likeness (QED) is 0.340. The second kappa shape index (κ2) is 7.82. The van der Waals surface area contributed by atoms with Gasteiger partial charge in [-0.25, -0.2) is 4.90 Å². The number of fused-ring (bicyclic) bond motifs is 2. The van der Waals surface area contributed by atoms with Crippen LogP contribution in [-0.4, -0.2) is 11.0 Å². The highest BCUT2D eigenvalue weighted by atomic mass is 32.2. The van der Waals surface area contributed by atoms with E-state index in [0.29, 0.717) is 10.8 Å². The third kappa shape index (κ3) is 3.20. The number of amides is 1. The molecule has 0 bridgehead atoms. The summed E-state index contributed by atoms with van der Waals surface area (Å²) in [5.74, 6) is -0.0847. The zero-order valence-corrected chi connectivity index (χ0v) is 17.4. The Hall–Kier alpha value is -3.35. The minimum atomic E-state index is -0.315. The van der Waals surface area contributed by atoms with Crippen LogP contribution in [0.5, 0.6) is 0 Å². The average Bonchev–Trinajstić information content (AvgIpc) is 3.33. The number of nitrogens with zero attached hydrogens (tertiary/aromatic N) is 2. The first kappa shape index (κ1) is 18.7. The van der Waals surface area contributed by atoms with Gasteiger partial charge < -0.3 is 4.42 Å². The topological polar surface area (TPSA) is 36.7 Å². The number of carbonyl (C=O) groups excluding carboxylic acids is 1. The van der Waals surface area contributed by atoms with E-state index in [4.69, 9.17) is 16.6 Å². The molecule has 0 atom stereocenters. The molecule has 6 heteroatoms. The summed E-state index contributed by atoms with van der Waals surface area (Å²) in [7, 11) is 0. The van der Waals surface area contributed by atoms with E-state index >= 15 is 0 Å². The minimum absolute atomic E-state index is 0.231.